The Balaban J connectivity index is 1.63. The SMILES string of the molecule is CC(C)n1c(NC(=O)C(N)c2ccc(-c3ccccc3)cc2)nc2cc(C(F)(F)F)cc(Cl)c21. The summed E-state index contributed by atoms with van der Waals surface area (Å²) in [5.41, 5.74) is 8.21. The summed E-state index contributed by atoms with van der Waals surface area (Å²) >= 11 is 6.19. The van der Waals surface area contributed by atoms with Gasteiger partial charge >= 0.3 is 6.18 Å². The van der Waals surface area contributed by atoms with Crippen LogP contribution in [0.3, 0.4) is 0 Å². The quantitative estimate of drug-likeness (QED) is 0.334. The number of rotatable bonds is 5. The molecule has 0 saturated carbocycles. The number of nitrogens with two attached hydrogens (primary N) is 1. The molecule has 0 spiro atoms. The summed E-state index contributed by atoms with van der Waals surface area (Å²) in [5, 5.41) is 2.55. The number of carbonyl (C=O) groups excluding carboxylic acids is 1. The Kier molecular flexibility index (Phi) is 6.38. The number of hydrogen-bond acceptors (Lipinski definition) is 3. The molecule has 0 radical (unpaired) electrons. The second kappa shape index (κ2) is 9.12. The maximum Gasteiger partial charge on any atom is 0.416 e. The number of imidazole rings is 1. The minimum atomic E-state index is -4.57. The Bertz CT molecular complexity index is 1330. The summed E-state index contributed by atoms with van der Waals surface area (Å²) in [6.07, 6.45) is -4.57. The minimum Gasteiger partial charge on any atom is -0.316 e. The van der Waals surface area contributed by atoms with Gasteiger partial charge in [-0.25, -0.2) is 4.98 Å². The van der Waals surface area contributed by atoms with Gasteiger partial charge < -0.3 is 10.3 Å². The first-order valence-corrected chi connectivity index (χ1v) is 10.9. The zero-order valence-corrected chi connectivity index (χ0v) is 19.2. The highest BCUT2D eigenvalue weighted by Crippen LogP contribution is 2.37. The van der Waals surface area contributed by atoms with Gasteiger partial charge in [0.15, 0.2) is 0 Å². The van der Waals surface area contributed by atoms with Crippen molar-refractivity contribution in [3.05, 3.63) is 82.9 Å². The summed E-state index contributed by atoms with van der Waals surface area (Å²) in [5.74, 6) is -0.468. The summed E-state index contributed by atoms with van der Waals surface area (Å²) in [6, 6.07) is 17.6. The molecule has 1 atom stereocenters. The molecule has 1 aromatic heterocycles. The van der Waals surface area contributed by atoms with E-state index >= 15 is 0 Å². The third kappa shape index (κ3) is 4.64. The lowest BCUT2D eigenvalue weighted by Crippen LogP contribution is -2.29. The maximum absolute atomic E-state index is 13.2. The van der Waals surface area contributed by atoms with Crippen molar-refractivity contribution in [3.8, 4) is 11.1 Å². The number of amides is 1. The van der Waals surface area contributed by atoms with Crippen molar-refractivity contribution < 1.29 is 18.0 Å². The molecule has 1 heterocycles. The molecule has 1 unspecified atom stereocenters. The predicted molar refractivity (Wildman–Crippen MR) is 128 cm³/mol. The first kappa shape index (κ1) is 23.8. The third-order valence-electron chi connectivity index (χ3n) is 5.48. The Labute approximate surface area is 199 Å². The van der Waals surface area contributed by atoms with E-state index in [1.807, 2.05) is 56.3 Å². The van der Waals surface area contributed by atoms with Gasteiger partial charge in [0.25, 0.3) is 0 Å². The third-order valence-corrected chi connectivity index (χ3v) is 5.76. The number of aromatic nitrogens is 2. The Hall–Kier alpha value is -3.36. The molecule has 0 fully saturated rings. The fourth-order valence-electron chi connectivity index (χ4n) is 3.79. The van der Waals surface area contributed by atoms with Gasteiger partial charge in [-0.05, 0) is 42.7 Å². The van der Waals surface area contributed by atoms with E-state index in [0.717, 1.165) is 23.3 Å². The standard InChI is InChI=1S/C25H22ClF3N4O/c1-14(2)33-22-19(26)12-18(25(27,28)29)13-20(22)31-24(33)32-23(34)21(30)17-10-8-16(9-11-17)15-6-4-3-5-7-15/h3-14,21H,30H2,1-2H3,(H,31,32,34). The van der Waals surface area contributed by atoms with Crippen molar-refractivity contribution in [2.45, 2.75) is 32.1 Å². The summed E-state index contributed by atoms with van der Waals surface area (Å²) in [7, 11) is 0. The molecule has 34 heavy (non-hydrogen) atoms. The van der Waals surface area contributed by atoms with Crippen LogP contribution in [0.5, 0.6) is 0 Å². The van der Waals surface area contributed by atoms with Crippen LogP contribution in [0.2, 0.25) is 5.02 Å². The second-order valence-corrected chi connectivity index (χ2v) is 8.58. The summed E-state index contributed by atoms with van der Waals surface area (Å²) in [6.45, 7) is 3.63. The van der Waals surface area contributed by atoms with Crippen LogP contribution in [0, 0.1) is 0 Å². The number of alkyl halides is 3. The highest BCUT2D eigenvalue weighted by atomic mass is 35.5. The number of anilines is 1. The number of carbonyl (C=O) groups is 1. The second-order valence-electron chi connectivity index (χ2n) is 8.18. The number of nitrogens with one attached hydrogen (secondary N) is 1. The monoisotopic (exact) mass is 486 g/mol. The minimum absolute atomic E-state index is 0.0320. The van der Waals surface area contributed by atoms with E-state index in [0.29, 0.717) is 11.1 Å². The number of hydrogen-bond donors (Lipinski definition) is 2. The average molecular weight is 487 g/mol. The van der Waals surface area contributed by atoms with Crippen LogP contribution in [0.4, 0.5) is 19.1 Å². The van der Waals surface area contributed by atoms with Crippen LogP contribution in [0.15, 0.2) is 66.7 Å². The largest absolute Gasteiger partial charge is 0.416 e. The molecular formula is C25H22ClF3N4O. The van der Waals surface area contributed by atoms with Crippen LogP contribution in [-0.4, -0.2) is 15.5 Å². The van der Waals surface area contributed by atoms with E-state index < -0.39 is 23.7 Å². The molecule has 0 aliphatic carbocycles. The molecule has 0 aliphatic rings. The topological polar surface area (TPSA) is 72.9 Å². The van der Waals surface area contributed by atoms with E-state index in [1.165, 1.54) is 0 Å². The van der Waals surface area contributed by atoms with E-state index in [-0.39, 0.29) is 22.5 Å². The van der Waals surface area contributed by atoms with E-state index in [1.54, 1.807) is 16.7 Å². The van der Waals surface area contributed by atoms with E-state index in [2.05, 4.69) is 10.3 Å². The molecule has 176 valence electrons. The van der Waals surface area contributed by atoms with Crippen LogP contribution in [-0.2, 0) is 11.0 Å². The fourth-order valence-corrected chi connectivity index (χ4v) is 4.09. The van der Waals surface area contributed by atoms with Crippen LogP contribution in [0.25, 0.3) is 22.2 Å². The van der Waals surface area contributed by atoms with Crippen molar-refractivity contribution in [2.75, 3.05) is 5.32 Å². The van der Waals surface area contributed by atoms with E-state index in [4.69, 9.17) is 17.3 Å². The normalized spacial score (nSPS) is 12.8. The van der Waals surface area contributed by atoms with Gasteiger partial charge in [-0.3, -0.25) is 10.1 Å². The molecule has 9 heteroatoms. The van der Waals surface area contributed by atoms with Crippen LogP contribution >= 0.6 is 11.6 Å². The van der Waals surface area contributed by atoms with Crippen LogP contribution < -0.4 is 11.1 Å². The zero-order chi connectivity index (χ0) is 24.6. The van der Waals surface area contributed by atoms with Crippen molar-refractivity contribution in [1.82, 2.24) is 9.55 Å². The Morgan fingerprint density at radius 1 is 1.03 bits per heavy atom. The van der Waals surface area contributed by atoms with E-state index in [9.17, 15) is 18.0 Å². The predicted octanol–water partition coefficient (Wildman–Crippen LogP) is 6.59. The van der Waals surface area contributed by atoms with Crippen molar-refractivity contribution in [1.29, 1.82) is 0 Å². The lowest BCUT2D eigenvalue weighted by Gasteiger charge is -2.17. The summed E-state index contributed by atoms with van der Waals surface area (Å²) < 4.78 is 41.3. The van der Waals surface area contributed by atoms with Crippen LogP contribution in [0.1, 0.15) is 37.1 Å². The summed E-state index contributed by atoms with van der Waals surface area (Å²) in [4.78, 5) is 17.2. The van der Waals surface area contributed by atoms with Crippen molar-refractivity contribution >= 4 is 34.5 Å². The highest BCUT2D eigenvalue weighted by Gasteiger charge is 2.32. The Morgan fingerprint density at radius 2 is 1.65 bits per heavy atom. The number of benzene rings is 3. The van der Waals surface area contributed by atoms with Gasteiger partial charge in [-0.1, -0.05) is 66.2 Å². The molecule has 0 saturated heterocycles. The molecule has 5 nitrogen and oxygen atoms in total. The molecular weight excluding hydrogens is 465 g/mol. The molecule has 0 aliphatic heterocycles. The first-order chi connectivity index (χ1) is 16.1. The number of halogens is 4. The smallest absolute Gasteiger partial charge is 0.316 e. The fraction of sp³-hybridized carbons (Fsp3) is 0.200. The van der Waals surface area contributed by atoms with Gasteiger partial charge in [0.05, 0.1) is 21.6 Å². The van der Waals surface area contributed by atoms with Gasteiger partial charge in [-0.2, -0.15) is 13.2 Å². The number of fused-ring (bicyclic) bond motifs is 1. The van der Waals surface area contributed by atoms with Gasteiger partial charge in [-0.15, -0.1) is 0 Å². The lowest BCUT2D eigenvalue weighted by molar-refractivity contribution is -0.137. The first-order valence-electron chi connectivity index (χ1n) is 10.6. The molecule has 0 bridgehead atoms. The van der Waals surface area contributed by atoms with Gasteiger partial charge in [0.2, 0.25) is 11.9 Å². The Morgan fingerprint density at radius 3 is 2.24 bits per heavy atom. The molecule has 4 aromatic rings. The number of nitrogens with zero attached hydrogens (tertiary/aromatic N) is 2. The molecule has 4 rings (SSSR count). The lowest BCUT2D eigenvalue weighted by atomic mass is 10.0. The maximum atomic E-state index is 13.2. The molecule has 1 amide bonds. The van der Waals surface area contributed by atoms with Gasteiger partial charge in [0, 0.05) is 6.04 Å². The van der Waals surface area contributed by atoms with Crippen molar-refractivity contribution in [3.63, 3.8) is 0 Å². The zero-order valence-electron chi connectivity index (χ0n) is 18.4. The molecule has 3 aromatic carbocycles. The highest BCUT2D eigenvalue weighted by molar-refractivity contribution is 6.35. The van der Waals surface area contributed by atoms with Gasteiger partial charge in [0.1, 0.15) is 6.04 Å². The average Bonchev–Trinajstić information content (AvgIpc) is 3.17. The molecule has 3 N–H and O–H groups in total. The van der Waals surface area contributed by atoms with Crippen molar-refractivity contribution in [2.24, 2.45) is 5.73 Å².